The Hall–Kier alpha value is -2.92. The van der Waals surface area contributed by atoms with E-state index >= 15 is 0 Å². The summed E-state index contributed by atoms with van der Waals surface area (Å²) in [5, 5.41) is 16.9. The highest BCUT2D eigenvalue weighted by atomic mass is 15.7. The summed E-state index contributed by atoms with van der Waals surface area (Å²) in [6.45, 7) is 9.24. The Morgan fingerprint density at radius 1 is 0.975 bits per heavy atom. The Morgan fingerprint density at radius 3 is 2.55 bits per heavy atom. The Morgan fingerprint density at radius 2 is 1.90 bits per heavy atom. The number of aromatic amines is 3. The predicted octanol–water partition coefficient (Wildman–Crippen LogP) is 3.33. The molecule has 7 heterocycles. The normalized spacial score (nSPS) is 32.1. The van der Waals surface area contributed by atoms with Crippen molar-refractivity contribution in [1.82, 2.24) is 50.3 Å². The van der Waals surface area contributed by atoms with E-state index in [4.69, 9.17) is 4.98 Å². The van der Waals surface area contributed by atoms with Crippen LogP contribution in [0, 0.1) is 0 Å². The van der Waals surface area contributed by atoms with Gasteiger partial charge < -0.3 is 20.2 Å². The lowest BCUT2D eigenvalue weighted by atomic mass is 9.53. The van der Waals surface area contributed by atoms with Crippen LogP contribution < -0.4 is 5.32 Å². The van der Waals surface area contributed by atoms with Gasteiger partial charge in [-0.3, -0.25) is 10.00 Å². The minimum atomic E-state index is -0.715. The molecular weight excluding hydrogens is 500 g/mol. The maximum absolute atomic E-state index is 5.16. The van der Waals surface area contributed by atoms with Crippen molar-refractivity contribution in [2.45, 2.75) is 68.5 Å². The van der Waals surface area contributed by atoms with E-state index < -0.39 is 11.1 Å². The van der Waals surface area contributed by atoms with Gasteiger partial charge in [0.15, 0.2) is 5.54 Å². The van der Waals surface area contributed by atoms with Crippen molar-refractivity contribution in [1.29, 1.82) is 0 Å². The highest BCUT2D eigenvalue weighted by Gasteiger charge is 2.76. The number of nitrogens with zero attached hydrogens (tertiary/aromatic N) is 6. The zero-order valence-corrected chi connectivity index (χ0v) is 23.8. The molecule has 0 aromatic carbocycles. The fourth-order valence-corrected chi connectivity index (χ4v) is 8.76. The van der Waals surface area contributed by atoms with Gasteiger partial charge in [0, 0.05) is 56.7 Å². The van der Waals surface area contributed by atoms with Gasteiger partial charge >= 0.3 is 0 Å². The highest BCUT2D eigenvalue weighted by Crippen LogP contribution is 2.64. The summed E-state index contributed by atoms with van der Waals surface area (Å²) in [5.74, 6) is 0.957. The maximum atomic E-state index is 5.16. The SMILES string of the molecule is CCCCC1(N2CCCC2)CCN(N2CCNC2)C(c2ccn[nH]2)(c2ncc[nH]2)C1(c1ccc[nH]1)N1C=CCC1. The largest absolute Gasteiger partial charge is 0.363 e. The average molecular weight is 545 g/mol. The van der Waals surface area contributed by atoms with Crippen molar-refractivity contribution in [3.05, 3.63) is 72.5 Å². The van der Waals surface area contributed by atoms with E-state index in [9.17, 15) is 0 Å². The molecule has 3 aromatic heterocycles. The van der Waals surface area contributed by atoms with Crippen LogP contribution in [0.25, 0.3) is 0 Å². The molecule has 0 radical (unpaired) electrons. The van der Waals surface area contributed by atoms with Gasteiger partial charge in [0.25, 0.3) is 0 Å². The third-order valence-electron chi connectivity index (χ3n) is 10.1. The summed E-state index contributed by atoms with van der Waals surface area (Å²) in [6, 6.07) is 6.71. The molecule has 3 fully saturated rings. The average Bonchev–Trinajstić information content (AvgIpc) is 3.84. The third kappa shape index (κ3) is 3.49. The molecule has 4 aliphatic heterocycles. The number of nitrogens with one attached hydrogen (secondary N) is 4. The van der Waals surface area contributed by atoms with Gasteiger partial charge in [-0.2, -0.15) is 5.10 Å². The molecule has 10 nitrogen and oxygen atoms in total. The predicted molar refractivity (Wildman–Crippen MR) is 155 cm³/mol. The number of imidazole rings is 1. The summed E-state index contributed by atoms with van der Waals surface area (Å²) < 4.78 is 0. The van der Waals surface area contributed by atoms with Crippen LogP contribution in [-0.2, 0) is 11.1 Å². The number of unbranched alkanes of at least 4 members (excludes halogenated alkanes) is 1. The standard InChI is InChI=1S/C30H44N10/c1-2-3-11-28(37-18-4-5-19-37)12-22-40(39-23-17-31-24-39)29(25-10-14-35-36-25,27-33-15-16-34-27)30(28,26-9-8-13-32-26)38-20-6-7-21-38/h6,8-10,13-16,20,31-32H,2-5,7,11-12,17-19,21-24H2,1H3,(H,33,34)(H,35,36). The molecule has 3 aromatic rings. The molecule has 3 atom stereocenters. The summed E-state index contributed by atoms with van der Waals surface area (Å²) in [5.41, 5.74) is 0.906. The van der Waals surface area contributed by atoms with Crippen LogP contribution in [0.2, 0.25) is 0 Å². The summed E-state index contributed by atoms with van der Waals surface area (Å²) in [7, 11) is 0. The van der Waals surface area contributed by atoms with E-state index in [1.54, 1.807) is 0 Å². The molecule has 0 saturated carbocycles. The first kappa shape index (κ1) is 26.0. The van der Waals surface area contributed by atoms with Crippen molar-refractivity contribution in [3.63, 3.8) is 0 Å². The highest BCUT2D eigenvalue weighted by molar-refractivity contribution is 5.46. The van der Waals surface area contributed by atoms with Crippen LogP contribution >= 0.6 is 0 Å². The van der Waals surface area contributed by atoms with Gasteiger partial charge in [0.05, 0.1) is 17.9 Å². The summed E-state index contributed by atoms with van der Waals surface area (Å²) in [4.78, 5) is 18.2. The number of aromatic nitrogens is 5. The number of hydrazine groups is 1. The minimum absolute atomic E-state index is 0.152. The molecular formula is C30H44N10. The lowest BCUT2D eigenvalue weighted by Crippen LogP contribution is -2.83. The number of hydrogen-bond acceptors (Lipinski definition) is 7. The molecule has 10 heteroatoms. The van der Waals surface area contributed by atoms with Gasteiger partial charge in [-0.25, -0.2) is 15.0 Å². The van der Waals surface area contributed by atoms with Gasteiger partial charge in [0.2, 0.25) is 0 Å². The number of piperidine rings is 1. The third-order valence-corrected chi connectivity index (χ3v) is 10.1. The Kier molecular flexibility index (Phi) is 6.82. The second-order valence-electron chi connectivity index (χ2n) is 11.9. The van der Waals surface area contributed by atoms with Crippen LogP contribution in [-0.4, -0.2) is 96.4 Å². The summed E-state index contributed by atoms with van der Waals surface area (Å²) in [6.07, 6.45) is 20.8. The van der Waals surface area contributed by atoms with Crippen molar-refractivity contribution in [2.24, 2.45) is 0 Å². The van der Waals surface area contributed by atoms with Crippen molar-refractivity contribution in [3.8, 4) is 0 Å². The molecule has 3 unspecified atom stereocenters. The number of rotatable bonds is 9. The van der Waals surface area contributed by atoms with Gasteiger partial charge in [0.1, 0.15) is 11.4 Å². The van der Waals surface area contributed by atoms with E-state index in [1.807, 2.05) is 18.6 Å². The van der Waals surface area contributed by atoms with E-state index in [2.05, 4.69) is 88.9 Å². The molecule has 0 bridgehead atoms. The number of likely N-dealkylation sites (tertiary alicyclic amines) is 1. The lowest BCUT2D eigenvalue weighted by molar-refractivity contribution is -0.240. The zero-order chi connectivity index (χ0) is 27.0. The molecule has 40 heavy (non-hydrogen) atoms. The molecule has 214 valence electrons. The van der Waals surface area contributed by atoms with Crippen LogP contribution in [0.5, 0.6) is 0 Å². The summed E-state index contributed by atoms with van der Waals surface area (Å²) >= 11 is 0. The van der Waals surface area contributed by atoms with E-state index in [-0.39, 0.29) is 5.54 Å². The van der Waals surface area contributed by atoms with E-state index in [1.165, 1.54) is 31.4 Å². The fraction of sp³-hybridized carbons (Fsp3) is 0.600. The van der Waals surface area contributed by atoms with Crippen molar-refractivity contribution >= 4 is 0 Å². The topological polar surface area (TPSA) is 98.1 Å². The molecule has 0 aliphatic carbocycles. The first-order valence-electron chi connectivity index (χ1n) is 15.3. The van der Waals surface area contributed by atoms with Gasteiger partial charge in [-0.05, 0) is 69.6 Å². The first-order chi connectivity index (χ1) is 19.8. The number of H-pyrrole nitrogens is 3. The van der Waals surface area contributed by atoms with Crippen molar-refractivity contribution < 1.29 is 0 Å². The van der Waals surface area contributed by atoms with E-state index in [0.29, 0.717) is 0 Å². The Balaban J connectivity index is 1.64. The second kappa shape index (κ2) is 10.5. The molecule has 7 rings (SSSR count). The van der Waals surface area contributed by atoms with Crippen molar-refractivity contribution in [2.75, 3.05) is 45.9 Å². The molecule has 0 spiro atoms. The first-order valence-corrected chi connectivity index (χ1v) is 15.3. The fourth-order valence-electron chi connectivity index (χ4n) is 8.76. The monoisotopic (exact) mass is 544 g/mol. The van der Waals surface area contributed by atoms with E-state index in [0.717, 1.165) is 76.7 Å². The Bertz CT molecular complexity index is 1210. The Labute approximate surface area is 237 Å². The van der Waals surface area contributed by atoms with Crippen LogP contribution in [0.4, 0.5) is 0 Å². The second-order valence-corrected chi connectivity index (χ2v) is 11.9. The van der Waals surface area contributed by atoms with Crippen LogP contribution in [0.15, 0.2) is 55.3 Å². The smallest absolute Gasteiger partial charge is 0.165 e. The number of hydrogen-bond donors (Lipinski definition) is 4. The molecule has 4 aliphatic rings. The quantitative estimate of drug-likeness (QED) is 0.328. The molecule has 3 saturated heterocycles. The van der Waals surface area contributed by atoms with Crippen LogP contribution in [0.3, 0.4) is 0 Å². The lowest BCUT2D eigenvalue weighted by Gasteiger charge is -2.71. The molecule has 4 N–H and O–H groups in total. The molecule has 0 amide bonds. The van der Waals surface area contributed by atoms with Gasteiger partial charge in [-0.15, -0.1) is 0 Å². The van der Waals surface area contributed by atoms with Crippen LogP contribution in [0.1, 0.15) is 69.1 Å². The van der Waals surface area contributed by atoms with Gasteiger partial charge in [-0.1, -0.05) is 25.8 Å². The zero-order valence-electron chi connectivity index (χ0n) is 23.8. The maximum Gasteiger partial charge on any atom is 0.165 e. The minimum Gasteiger partial charge on any atom is -0.363 e.